The van der Waals surface area contributed by atoms with Gasteiger partial charge in [0.15, 0.2) is 0 Å². The second-order valence-corrected chi connectivity index (χ2v) is 4.31. The van der Waals surface area contributed by atoms with E-state index in [1.165, 1.54) is 5.56 Å². The Balaban J connectivity index is 2.82. The molecule has 2 N–H and O–H groups in total. The molecule has 0 amide bonds. The van der Waals surface area contributed by atoms with E-state index < -0.39 is 0 Å². The first kappa shape index (κ1) is 11.9. The van der Waals surface area contributed by atoms with Gasteiger partial charge in [-0.2, -0.15) is 0 Å². The van der Waals surface area contributed by atoms with Crippen molar-refractivity contribution in [2.45, 2.75) is 33.6 Å². The van der Waals surface area contributed by atoms with E-state index in [9.17, 15) is 0 Å². The van der Waals surface area contributed by atoms with Gasteiger partial charge in [0, 0.05) is 5.69 Å². The first-order valence-corrected chi connectivity index (χ1v) is 5.64. The van der Waals surface area contributed by atoms with Crippen LogP contribution in [0.5, 0.6) is 5.75 Å². The van der Waals surface area contributed by atoms with E-state index in [2.05, 4.69) is 20.8 Å². The monoisotopic (exact) mass is 207 g/mol. The van der Waals surface area contributed by atoms with Crippen molar-refractivity contribution >= 4 is 5.69 Å². The van der Waals surface area contributed by atoms with Gasteiger partial charge in [-0.1, -0.05) is 20.8 Å². The van der Waals surface area contributed by atoms with E-state index in [4.69, 9.17) is 10.5 Å². The van der Waals surface area contributed by atoms with Gasteiger partial charge in [-0.25, -0.2) is 0 Å². The lowest BCUT2D eigenvalue weighted by atomic mass is 10.0. The zero-order chi connectivity index (χ0) is 11.3. The molecule has 0 aliphatic heterocycles. The zero-order valence-corrected chi connectivity index (χ0v) is 9.92. The fourth-order valence-corrected chi connectivity index (χ4v) is 1.55. The molecule has 0 atom stereocenters. The van der Waals surface area contributed by atoms with Gasteiger partial charge in [0.05, 0.1) is 6.61 Å². The van der Waals surface area contributed by atoms with Crippen LogP contribution >= 0.6 is 0 Å². The molecule has 0 saturated carbocycles. The van der Waals surface area contributed by atoms with Crippen LogP contribution in [-0.2, 0) is 6.42 Å². The van der Waals surface area contributed by atoms with Crippen LogP contribution in [0.3, 0.4) is 0 Å². The standard InChI is InChI=1S/C13H21NO/c1-4-7-15-13-6-5-12(14)9-11(13)8-10(2)3/h5-6,9-10H,4,7-8,14H2,1-3H3. The van der Waals surface area contributed by atoms with Crippen molar-refractivity contribution in [1.82, 2.24) is 0 Å². The summed E-state index contributed by atoms with van der Waals surface area (Å²) in [5, 5.41) is 0. The Morgan fingerprint density at radius 1 is 1.33 bits per heavy atom. The minimum absolute atomic E-state index is 0.621. The summed E-state index contributed by atoms with van der Waals surface area (Å²) in [6.07, 6.45) is 2.05. The fourth-order valence-electron chi connectivity index (χ4n) is 1.55. The molecule has 15 heavy (non-hydrogen) atoms. The van der Waals surface area contributed by atoms with Gasteiger partial charge in [0.1, 0.15) is 5.75 Å². The summed E-state index contributed by atoms with van der Waals surface area (Å²) in [6, 6.07) is 5.89. The molecule has 2 nitrogen and oxygen atoms in total. The number of ether oxygens (including phenoxy) is 1. The van der Waals surface area contributed by atoms with Crippen LogP contribution in [-0.4, -0.2) is 6.61 Å². The van der Waals surface area contributed by atoms with Crippen molar-refractivity contribution in [3.63, 3.8) is 0 Å². The first-order valence-electron chi connectivity index (χ1n) is 5.64. The van der Waals surface area contributed by atoms with E-state index >= 15 is 0 Å². The smallest absolute Gasteiger partial charge is 0.122 e. The van der Waals surface area contributed by atoms with Crippen LogP contribution in [0.2, 0.25) is 0 Å². The lowest BCUT2D eigenvalue weighted by Gasteiger charge is -2.13. The SMILES string of the molecule is CCCOc1ccc(N)cc1CC(C)C. The van der Waals surface area contributed by atoms with Crippen molar-refractivity contribution in [1.29, 1.82) is 0 Å². The van der Waals surface area contributed by atoms with Gasteiger partial charge in [0.2, 0.25) is 0 Å². The lowest BCUT2D eigenvalue weighted by molar-refractivity contribution is 0.313. The quantitative estimate of drug-likeness (QED) is 0.752. The topological polar surface area (TPSA) is 35.2 Å². The Morgan fingerprint density at radius 2 is 2.07 bits per heavy atom. The number of rotatable bonds is 5. The van der Waals surface area contributed by atoms with Gasteiger partial charge in [-0.05, 0) is 42.5 Å². The molecule has 0 radical (unpaired) electrons. The number of nitrogens with two attached hydrogens (primary N) is 1. The third kappa shape index (κ3) is 3.82. The van der Waals surface area contributed by atoms with E-state index in [0.29, 0.717) is 5.92 Å². The molecule has 0 saturated heterocycles. The third-order valence-corrected chi connectivity index (χ3v) is 2.17. The Labute approximate surface area is 92.4 Å². The Bertz CT molecular complexity index is 307. The van der Waals surface area contributed by atoms with Crippen LogP contribution < -0.4 is 10.5 Å². The van der Waals surface area contributed by atoms with Crippen molar-refractivity contribution in [2.75, 3.05) is 12.3 Å². The molecule has 0 heterocycles. The predicted molar refractivity (Wildman–Crippen MR) is 65.2 cm³/mol. The molecule has 2 heteroatoms. The van der Waals surface area contributed by atoms with Crippen LogP contribution in [0.15, 0.2) is 18.2 Å². The maximum atomic E-state index is 5.78. The Kier molecular flexibility index (Phi) is 4.47. The second kappa shape index (κ2) is 5.64. The van der Waals surface area contributed by atoms with Gasteiger partial charge in [0.25, 0.3) is 0 Å². The van der Waals surface area contributed by atoms with Crippen LogP contribution in [0.1, 0.15) is 32.8 Å². The molecule has 0 fully saturated rings. The summed E-state index contributed by atoms with van der Waals surface area (Å²) < 4.78 is 5.69. The highest BCUT2D eigenvalue weighted by Crippen LogP contribution is 2.24. The van der Waals surface area contributed by atoms with Gasteiger partial charge < -0.3 is 10.5 Å². The number of anilines is 1. The van der Waals surface area contributed by atoms with Gasteiger partial charge in [-0.15, -0.1) is 0 Å². The second-order valence-electron chi connectivity index (χ2n) is 4.31. The average Bonchev–Trinajstić information content (AvgIpc) is 2.16. The molecule has 1 aromatic rings. The van der Waals surface area contributed by atoms with Crippen molar-refractivity contribution < 1.29 is 4.74 Å². The first-order chi connectivity index (χ1) is 7.13. The molecule has 0 aliphatic carbocycles. The molecular weight excluding hydrogens is 186 g/mol. The maximum absolute atomic E-state index is 5.78. The fraction of sp³-hybridized carbons (Fsp3) is 0.538. The predicted octanol–water partition coefficient (Wildman–Crippen LogP) is 3.26. The lowest BCUT2D eigenvalue weighted by Crippen LogP contribution is -2.02. The molecule has 0 bridgehead atoms. The van der Waals surface area contributed by atoms with Crippen LogP contribution in [0.25, 0.3) is 0 Å². The largest absolute Gasteiger partial charge is 0.493 e. The molecule has 1 rings (SSSR count). The minimum Gasteiger partial charge on any atom is -0.493 e. The van der Waals surface area contributed by atoms with Gasteiger partial charge >= 0.3 is 0 Å². The summed E-state index contributed by atoms with van der Waals surface area (Å²) in [6.45, 7) is 7.29. The van der Waals surface area contributed by atoms with Crippen molar-refractivity contribution in [3.05, 3.63) is 23.8 Å². The molecule has 0 aromatic heterocycles. The molecule has 0 aliphatic rings. The zero-order valence-electron chi connectivity index (χ0n) is 9.92. The maximum Gasteiger partial charge on any atom is 0.122 e. The van der Waals surface area contributed by atoms with Gasteiger partial charge in [-0.3, -0.25) is 0 Å². The highest BCUT2D eigenvalue weighted by atomic mass is 16.5. The molecule has 0 spiro atoms. The summed E-state index contributed by atoms with van der Waals surface area (Å²) in [4.78, 5) is 0. The number of nitrogen functional groups attached to an aromatic ring is 1. The summed E-state index contributed by atoms with van der Waals surface area (Å²) in [5.74, 6) is 1.61. The summed E-state index contributed by atoms with van der Waals surface area (Å²) in [5.41, 5.74) is 7.81. The van der Waals surface area contributed by atoms with Crippen LogP contribution in [0.4, 0.5) is 5.69 Å². The van der Waals surface area contributed by atoms with Crippen molar-refractivity contribution in [2.24, 2.45) is 5.92 Å². The number of hydrogen-bond acceptors (Lipinski definition) is 2. The molecular formula is C13H21NO. The average molecular weight is 207 g/mol. The highest BCUT2D eigenvalue weighted by molar-refractivity contribution is 5.48. The number of benzene rings is 1. The van der Waals surface area contributed by atoms with E-state index in [-0.39, 0.29) is 0 Å². The normalized spacial score (nSPS) is 10.7. The Morgan fingerprint density at radius 3 is 2.67 bits per heavy atom. The minimum atomic E-state index is 0.621. The molecule has 0 unspecified atom stereocenters. The van der Waals surface area contributed by atoms with E-state index in [0.717, 1.165) is 30.9 Å². The third-order valence-electron chi connectivity index (χ3n) is 2.17. The Hall–Kier alpha value is -1.18. The summed E-state index contributed by atoms with van der Waals surface area (Å²) in [7, 11) is 0. The highest BCUT2D eigenvalue weighted by Gasteiger charge is 2.06. The number of hydrogen-bond donors (Lipinski definition) is 1. The van der Waals surface area contributed by atoms with Crippen LogP contribution in [0, 0.1) is 5.92 Å². The summed E-state index contributed by atoms with van der Waals surface area (Å²) >= 11 is 0. The van der Waals surface area contributed by atoms with E-state index in [1.54, 1.807) is 0 Å². The van der Waals surface area contributed by atoms with Crippen molar-refractivity contribution in [3.8, 4) is 5.75 Å². The molecule has 1 aromatic carbocycles. The molecule has 84 valence electrons. The van der Waals surface area contributed by atoms with E-state index in [1.807, 2.05) is 18.2 Å².